The molecule has 0 spiro atoms. The molecule has 9 heteroatoms. The number of ether oxygens (including phenoxy) is 1. The Balaban J connectivity index is 3.45. The van der Waals surface area contributed by atoms with Gasteiger partial charge in [-0.25, -0.2) is 13.2 Å². The van der Waals surface area contributed by atoms with Crippen LogP contribution in [0.4, 0.5) is 0 Å². The number of carbonyl (C=O) groups excluding carboxylic acids is 3. The van der Waals surface area contributed by atoms with Crippen LogP contribution in [0.5, 0.6) is 0 Å². The molecule has 0 heterocycles. The van der Waals surface area contributed by atoms with Gasteiger partial charge in [0.15, 0.2) is 9.84 Å². The number of nitrogens with one attached hydrogen (secondary N) is 1. The van der Waals surface area contributed by atoms with Crippen LogP contribution < -0.4 is 5.32 Å². The molecule has 0 unspecified atom stereocenters. The second kappa shape index (κ2) is 12.9. The third kappa shape index (κ3) is 8.41. The molecule has 0 aromatic heterocycles. The summed E-state index contributed by atoms with van der Waals surface area (Å²) in [6.07, 6.45) is 2.74. The number of rotatable bonds is 11. The van der Waals surface area contributed by atoms with Gasteiger partial charge >= 0.3 is 5.97 Å². The van der Waals surface area contributed by atoms with Crippen LogP contribution >= 0.6 is 0 Å². The van der Waals surface area contributed by atoms with Crippen LogP contribution in [0, 0.1) is 11.3 Å². The Morgan fingerprint density at radius 3 is 2.00 bits per heavy atom. The molecule has 0 fully saturated rings. The van der Waals surface area contributed by atoms with E-state index in [1.807, 2.05) is 40.7 Å². The van der Waals surface area contributed by atoms with Crippen LogP contribution in [0.3, 0.4) is 0 Å². The Morgan fingerprint density at radius 1 is 1.05 bits per heavy atom. The first kappa shape index (κ1) is 33.3. The summed E-state index contributed by atoms with van der Waals surface area (Å²) in [5.41, 5.74) is -0.721. The quantitative estimate of drug-likeness (QED) is 0.331. The van der Waals surface area contributed by atoms with E-state index in [1.54, 1.807) is 65.1 Å². The molecule has 3 atom stereocenters. The van der Waals surface area contributed by atoms with Gasteiger partial charge in [0.05, 0.1) is 12.6 Å². The zero-order valence-electron chi connectivity index (χ0n) is 24.8. The van der Waals surface area contributed by atoms with Crippen molar-refractivity contribution in [2.24, 2.45) is 11.3 Å². The van der Waals surface area contributed by atoms with Gasteiger partial charge in [-0.05, 0) is 30.7 Å². The van der Waals surface area contributed by atoms with Gasteiger partial charge in [-0.3, -0.25) is 9.59 Å². The summed E-state index contributed by atoms with van der Waals surface area (Å²) in [4.78, 5) is 41.3. The first-order valence-electron chi connectivity index (χ1n) is 12.9. The number of hydrogen-bond donors (Lipinski definition) is 1. The number of amides is 2. The van der Waals surface area contributed by atoms with E-state index in [4.69, 9.17) is 4.74 Å². The van der Waals surface area contributed by atoms with Crippen molar-refractivity contribution in [3.63, 3.8) is 0 Å². The number of hydrogen-bond acceptors (Lipinski definition) is 6. The van der Waals surface area contributed by atoms with Crippen LogP contribution in [-0.2, 0) is 34.4 Å². The molecule has 0 aliphatic carbocycles. The normalized spacial score (nSPS) is 15.4. The lowest BCUT2D eigenvalue weighted by atomic mass is 9.80. The van der Waals surface area contributed by atoms with E-state index in [2.05, 4.69) is 5.32 Å². The van der Waals surface area contributed by atoms with Crippen molar-refractivity contribution in [1.82, 2.24) is 10.2 Å². The highest BCUT2D eigenvalue weighted by atomic mass is 32.2. The Morgan fingerprint density at radius 2 is 1.58 bits per heavy atom. The Bertz CT molecular complexity index is 1120. The molecule has 1 N–H and O–H groups in total. The molecule has 2 amide bonds. The lowest BCUT2D eigenvalue weighted by Crippen LogP contribution is -2.60. The fourth-order valence-electron chi connectivity index (χ4n) is 4.61. The van der Waals surface area contributed by atoms with Crippen molar-refractivity contribution in [3.8, 4) is 0 Å². The Labute approximate surface area is 229 Å². The van der Waals surface area contributed by atoms with E-state index in [0.717, 1.165) is 6.26 Å². The topological polar surface area (TPSA) is 110 Å². The van der Waals surface area contributed by atoms with Crippen molar-refractivity contribution >= 4 is 27.6 Å². The van der Waals surface area contributed by atoms with E-state index < -0.39 is 49.9 Å². The summed E-state index contributed by atoms with van der Waals surface area (Å²) in [5.74, 6) is -1.63. The van der Waals surface area contributed by atoms with Crippen LogP contribution in [0.1, 0.15) is 67.9 Å². The van der Waals surface area contributed by atoms with E-state index in [-0.39, 0.29) is 18.4 Å². The van der Waals surface area contributed by atoms with Gasteiger partial charge in [0, 0.05) is 24.3 Å². The summed E-state index contributed by atoms with van der Waals surface area (Å²) < 4.78 is 31.0. The van der Waals surface area contributed by atoms with E-state index in [1.165, 1.54) is 4.90 Å². The van der Waals surface area contributed by atoms with Gasteiger partial charge in [-0.2, -0.15) is 0 Å². The molecular weight excluding hydrogens is 504 g/mol. The molecule has 8 nitrogen and oxygen atoms in total. The molecule has 0 saturated heterocycles. The number of esters is 1. The summed E-state index contributed by atoms with van der Waals surface area (Å²) >= 11 is 0. The molecule has 1 aromatic carbocycles. The highest BCUT2D eigenvalue weighted by Crippen LogP contribution is 2.32. The Kier molecular flexibility index (Phi) is 11.3. The molecule has 0 bridgehead atoms. The third-order valence-electron chi connectivity index (χ3n) is 6.74. The Hall–Kier alpha value is -2.68. The highest BCUT2D eigenvalue weighted by Gasteiger charge is 2.46. The van der Waals surface area contributed by atoms with Gasteiger partial charge in [-0.1, -0.05) is 84.9 Å². The first-order chi connectivity index (χ1) is 17.3. The van der Waals surface area contributed by atoms with Crippen molar-refractivity contribution in [2.75, 3.05) is 19.9 Å². The lowest BCUT2D eigenvalue weighted by Gasteiger charge is -2.39. The average Bonchev–Trinajstić information content (AvgIpc) is 2.78. The molecule has 214 valence electrons. The fourth-order valence-corrected chi connectivity index (χ4v) is 6.28. The fraction of sp³-hybridized carbons (Fsp3) is 0.621. The second-order valence-electron chi connectivity index (χ2n) is 11.9. The van der Waals surface area contributed by atoms with Crippen LogP contribution in [0.2, 0.25) is 0 Å². The zero-order valence-corrected chi connectivity index (χ0v) is 25.6. The molecule has 0 radical (unpaired) electrons. The van der Waals surface area contributed by atoms with Gasteiger partial charge in [0.1, 0.15) is 11.3 Å². The van der Waals surface area contributed by atoms with Crippen LogP contribution in [-0.4, -0.2) is 68.3 Å². The van der Waals surface area contributed by atoms with Gasteiger partial charge in [0.2, 0.25) is 11.8 Å². The van der Waals surface area contributed by atoms with Gasteiger partial charge in [-0.15, -0.1) is 0 Å². The summed E-state index contributed by atoms with van der Waals surface area (Å²) in [5, 5.41) is 1.36. The SMILES string of the molecule is CCOC(=O)/C(C)=C/[C@H](C(C)C)N(C)C(=O)[C@@H](NC(=O)[C@H](C(C)(C)c1ccccc1)S(C)(=O)=O)C(C)(C)C. The molecule has 38 heavy (non-hydrogen) atoms. The van der Waals surface area contributed by atoms with E-state index in [0.29, 0.717) is 11.1 Å². The maximum absolute atomic E-state index is 13.9. The molecule has 0 saturated carbocycles. The molecule has 0 aliphatic heterocycles. The largest absolute Gasteiger partial charge is 0.463 e. The molecular formula is C29H46N2O6S. The van der Waals surface area contributed by atoms with Gasteiger partial charge < -0.3 is 15.0 Å². The standard InChI is InChI=1S/C29H46N2O6S/c1-12-37-27(34)20(4)18-22(19(2)3)31(10)26(33)23(28(5,6)7)30-25(32)24(38(11,35)36)29(8,9)21-16-14-13-15-17-21/h13-19,22-24H,12H2,1-11H3,(H,30,32)/b20-18+/t22-,23-,24-/m1/s1. The van der Waals surface area contributed by atoms with E-state index >= 15 is 0 Å². The van der Waals surface area contributed by atoms with Crippen LogP contribution in [0.25, 0.3) is 0 Å². The minimum atomic E-state index is -3.87. The molecule has 0 aliphatic rings. The summed E-state index contributed by atoms with van der Waals surface area (Å²) in [6.45, 7) is 16.3. The highest BCUT2D eigenvalue weighted by molar-refractivity contribution is 7.92. The predicted octanol–water partition coefficient (Wildman–Crippen LogP) is 3.90. The number of likely N-dealkylation sites (N-methyl/N-ethyl adjacent to an activating group) is 1. The first-order valence-corrected chi connectivity index (χ1v) is 14.9. The monoisotopic (exact) mass is 550 g/mol. The van der Waals surface area contributed by atoms with Crippen LogP contribution in [0.15, 0.2) is 42.0 Å². The third-order valence-corrected chi connectivity index (χ3v) is 8.39. The van der Waals surface area contributed by atoms with Crippen molar-refractivity contribution < 1.29 is 27.5 Å². The second-order valence-corrected chi connectivity index (χ2v) is 14.0. The smallest absolute Gasteiger partial charge is 0.333 e. The lowest BCUT2D eigenvalue weighted by molar-refractivity contribution is -0.140. The number of sulfone groups is 1. The minimum Gasteiger partial charge on any atom is -0.463 e. The number of nitrogens with zero attached hydrogens (tertiary/aromatic N) is 1. The van der Waals surface area contributed by atoms with Crippen molar-refractivity contribution in [2.45, 2.75) is 85.1 Å². The molecule has 1 aromatic rings. The van der Waals surface area contributed by atoms with Crippen molar-refractivity contribution in [3.05, 3.63) is 47.5 Å². The predicted molar refractivity (Wildman–Crippen MR) is 151 cm³/mol. The maximum Gasteiger partial charge on any atom is 0.333 e. The average molecular weight is 551 g/mol. The number of carbonyl (C=O) groups is 3. The van der Waals surface area contributed by atoms with Gasteiger partial charge in [0.25, 0.3) is 0 Å². The molecule has 1 rings (SSSR count). The maximum atomic E-state index is 13.9. The summed E-state index contributed by atoms with van der Waals surface area (Å²) in [7, 11) is -2.25. The van der Waals surface area contributed by atoms with Crippen molar-refractivity contribution in [1.29, 1.82) is 0 Å². The zero-order chi connectivity index (χ0) is 29.6. The number of benzene rings is 1. The summed E-state index contributed by atoms with van der Waals surface area (Å²) in [6, 6.07) is 7.51. The minimum absolute atomic E-state index is 0.0505. The van der Waals surface area contributed by atoms with E-state index in [9.17, 15) is 22.8 Å².